The van der Waals surface area contributed by atoms with Crippen LogP contribution < -0.4 is 0 Å². The van der Waals surface area contributed by atoms with Crippen LogP contribution in [-0.2, 0) is 14.8 Å². The smallest absolute Gasteiger partial charge is 0.340 e. The van der Waals surface area contributed by atoms with Gasteiger partial charge in [0.15, 0.2) is 6.61 Å². The predicted octanol–water partition coefficient (Wildman–Crippen LogP) is 4.35. The molecular weight excluding hydrogens is 464 g/mol. The number of halogens is 1. The summed E-state index contributed by atoms with van der Waals surface area (Å²) >= 11 is 6.08. The molecule has 0 bridgehead atoms. The molecule has 0 aliphatic carbocycles. The van der Waals surface area contributed by atoms with Gasteiger partial charge in [-0.1, -0.05) is 29.3 Å². The highest BCUT2D eigenvalue weighted by Crippen LogP contribution is 2.24. The molecule has 0 radical (unpaired) electrons. The van der Waals surface area contributed by atoms with E-state index in [0.29, 0.717) is 5.56 Å². The molecule has 1 aromatic heterocycles. The van der Waals surface area contributed by atoms with Gasteiger partial charge in [0.1, 0.15) is 0 Å². The van der Waals surface area contributed by atoms with E-state index >= 15 is 0 Å². The topological polar surface area (TPSA) is 85.7 Å². The van der Waals surface area contributed by atoms with E-state index in [1.165, 1.54) is 26.2 Å². The first-order chi connectivity index (χ1) is 15.4. The van der Waals surface area contributed by atoms with Crippen molar-refractivity contribution in [2.45, 2.75) is 25.7 Å². The van der Waals surface area contributed by atoms with E-state index in [1.54, 1.807) is 6.07 Å². The summed E-state index contributed by atoms with van der Waals surface area (Å²) in [6.45, 7) is 5.22. The number of benzene rings is 2. The third kappa shape index (κ3) is 5.03. The Balaban J connectivity index is 1.80. The maximum atomic E-state index is 12.8. The third-order valence-corrected chi connectivity index (χ3v) is 7.44. The molecule has 0 fully saturated rings. The number of carbonyl (C=O) groups excluding carboxylic acids is 2. The third-order valence-electron chi connectivity index (χ3n) is 5.29. The Hall–Kier alpha value is -2.94. The van der Waals surface area contributed by atoms with Crippen molar-refractivity contribution in [2.24, 2.45) is 0 Å². The maximum Gasteiger partial charge on any atom is 0.340 e. The Morgan fingerprint density at radius 2 is 1.61 bits per heavy atom. The standard InChI is InChI=1S/C24H25ClN2O5S/c1-15-6-8-18(9-7-15)27-16(2)12-20(17(27)3)23(28)14-32-24(29)21-13-19(10-11-22(21)25)33(30,31)26(4)5/h6-13H,14H2,1-5H3. The van der Waals surface area contributed by atoms with Crippen molar-refractivity contribution in [1.82, 2.24) is 8.87 Å². The molecule has 3 rings (SSSR count). The molecule has 1 heterocycles. The minimum Gasteiger partial charge on any atom is -0.454 e. The summed E-state index contributed by atoms with van der Waals surface area (Å²) in [5, 5.41) is 0.0303. The zero-order valence-corrected chi connectivity index (χ0v) is 20.6. The number of aryl methyl sites for hydroxylation is 2. The van der Waals surface area contributed by atoms with Gasteiger partial charge in [0.25, 0.3) is 0 Å². The molecule has 0 N–H and O–H groups in total. The van der Waals surface area contributed by atoms with Gasteiger partial charge in [-0.2, -0.15) is 0 Å². The van der Waals surface area contributed by atoms with Gasteiger partial charge in [0.05, 0.1) is 15.5 Å². The first-order valence-electron chi connectivity index (χ1n) is 10.1. The number of Topliss-reactive ketones (excluding diaryl/α,β-unsaturated/α-hetero) is 1. The van der Waals surface area contributed by atoms with Gasteiger partial charge in [-0.25, -0.2) is 17.5 Å². The average Bonchev–Trinajstić information content (AvgIpc) is 3.06. The van der Waals surface area contributed by atoms with Crippen molar-refractivity contribution in [1.29, 1.82) is 0 Å². The number of carbonyl (C=O) groups is 2. The minimum atomic E-state index is -3.76. The van der Waals surface area contributed by atoms with E-state index in [4.69, 9.17) is 16.3 Å². The van der Waals surface area contributed by atoms with Crippen molar-refractivity contribution in [2.75, 3.05) is 20.7 Å². The number of sulfonamides is 1. The summed E-state index contributed by atoms with van der Waals surface area (Å²) in [6.07, 6.45) is 0. The molecule has 0 unspecified atom stereocenters. The molecule has 0 spiro atoms. The van der Waals surface area contributed by atoms with Crippen LogP contribution in [0.2, 0.25) is 5.02 Å². The lowest BCUT2D eigenvalue weighted by Crippen LogP contribution is -2.22. The van der Waals surface area contributed by atoms with Crippen LogP contribution in [-0.4, -0.2) is 49.7 Å². The molecule has 0 atom stereocenters. The van der Waals surface area contributed by atoms with Gasteiger partial charge in [0, 0.05) is 36.7 Å². The summed E-state index contributed by atoms with van der Waals surface area (Å²) in [6, 6.07) is 13.4. The molecule has 9 heteroatoms. The van der Waals surface area contributed by atoms with E-state index in [1.807, 2.05) is 49.6 Å². The lowest BCUT2D eigenvalue weighted by atomic mass is 10.1. The van der Waals surface area contributed by atoms with Crippen molar-refractivity contribution >= 4 is 33.4 Å². The fourth-order valence-electron chi connectivity index (χ4n) is 3.45. The maximum absolute atomic E-state index is 12.8. The van der Waals surface area contributed by atoms with E-state index in [-0.39, 0.29) is 21.3 Å². The largest absolute Gasteiger partial charge is 0.454 e. The summed E-state index contributed by atoms with van der Waals surface area (Å²) in [5.41, 5.74) is 3.97. The quantitative estimate of drug-likeness (QED) is 0.364. The van der Waals surface area contributed by atoms with Gasteiger partial charge < -0.3 is 9.30 Å². The number of ketones is 1. The number of hydrogen-bond donors (Lipinski definition) is 0. The molecule has 7 nitrogen and oxygen atoms in total. The molecule has 2 aromatic carbocycles. The van der Waals surface area contributed by atoms with Crippen LogP contribution in [0, 0.1) is 20.8 Å². The summed E-state index contributed by atoms with van der Waals surface area (Å²) in [5.74, 6) is -1.25. The Labute approximate surface area is 198 Å². The molecular formula is C24H25ClN2O5S. The second-order valence-electron chi connectivity index (χ2n) is 7.88. The zero-order chi connectivity index (χ0) is 24.5. The van der Waals surface area contributed by atoms with Crippen LogP contribution in [0.1, 0.15) is 37.7 Å². The van der Waals surface area contributed by atoms with Crippen molar-refractivity contribution in [3.8, 4) is 5.69 Å². The van der Waals surface area contributed by atoms with E-state index < -0.39 is 22.6 Å². The van der Waals surface area contributed by atoms with Gasteiger partial charge in [-0.15, -0.1) is 0 Å². The molecule has 0 saturated carbocycles. The first kappa shape index (κ1) is 24.7. The second kappa shape index (κ2) is 9.51. The highest BCUT2D eigenvalue weighted by Gasteiger charge is 2.23. The van der Waals surface area contributed by atoms with Crippen LogP contribution in [0.25, 0.3) is 5.69 Å². The first-order valence-corrected chi connectivity index (χ1v) is 11.9. The number of rotatable bonds is 7. The molecule has 174 valence electrons. The van der Waals surface area contributed by atoms with Gasteiger partial charge >= 0.3 is 5.97 Å². The van der Waals surface area contributed by atoms with Crippen LogP contribution in [0.3, 0.4) is 0 Å². The Morgan fingerprint density at radius 1 is 0.970 bits per heavy atom. The highest BCUT2D eigenvalue weighted by molar-refractivity contribution is 7.89. The fraction of sp³-hybridized carbons (Fsp3) is 0.250. The Bertz CT molecular complexity index is 1330. The molecule has 0 saturated heterocycles. The predicted molar refractivity (Wildman–Crippen MR) is 127 cm³/mol. The van der Waals surface area contributed by atoms with E-state index in [2.05, 4.69) is 0 Å². The number of esters is 1. The number of hydrogen-bond acceptors (Lipinski definition) is 5. The number of aromatic nitrogens is 1. The summed E-state index contributed by atoms with van der Waals surface area (Å²) in [7, 11) is -0.998. The van der Waals surface area contributed by atoms with Gasteiger partial charge in [-0.05, 0) is 57.2 Å². The SMILES string of the molecule is Cc1ccc(-n2c(C)cc(C(=O)COC(=O)c3cc(S(=O)(=O)N(C)C)ccc3Cl)c2C)cc1. The fourth-order valence-corrected chi connectivity index (χ4v) is 4.58. The normalized spacial score (nSPS) is 11.6. The number of nitrogens with zero attached hydrogens (tertiary/aromatic N) is 2. The summed E-state index contributed by atoms with van der Waals surface area (Å²) < 4.78 is 32.9. The lowest BCUT2D eigenvalue weighted by Gasteiger charge is -2.13. The Kier molecular flexibility index (Phi) is 7.11. The molecule has 0 amide bonds. The molecule has 3 aromatic rings. The van der Waals surface area contributed by atoms with Crippen molar-refractivity contribution < 1.29 is 22.7 Å². The van der Waals surface area contributed by atoms with Crippen LogP contribution >= 0.6 is 11.6 Å². The van der Waals surface area contributed by atoms with E-state index in [0.717, 1.165) is 33.0 Å². The zero-order valence-electron chi connectivity index (χ0n) is 19.0. The second-order valence-corrected chi connectivity index (χ2v) is 10.4. The molecule has 0 aliphatic heterocycles. The highest BCUT2D eigenvalue weighted by atomic mass is 35.5. The monoisotopic (exact) mass is 488 g/mol. The average molecular weight is 489 g/mol. The summed E-state index contributed by atoms with van der Waals surface area (Å²) in [4.78, 5) is 25.3. The number of ether oxygens (including phenoxy) is 1. The van der Waals surface area contributed by atoms with Crippen molar-refractivity contribution in [3.05, 3.63) is 81.6 Å². The van der Waals surface area contributed by atoms with E-state index in [9.17, 15) is 18.0 Å². The minimum absolute atomic E-state index is 0.0303. The van der Waals surface area contributed by atoms with Gasteiger partial charge in [-0.3, -0.25) is 4.79 Å². The van der Waals surface area contributed by atoms with Crippen LogP contribution in [0.5, 0.6) is 0 Å². The molecule has 33 heavy (non-hydrogen) atoms. The van der Waals surface area contributed by atoms with Crippen LogP contribution in [0.15, 0.2) is 53.4 Å². The Morgan fingerprint density at radius 3 is 2.21 bits per heavy atom. The van der Waals surface area contributed by atoms with Crippen molar-refractivity contribution in [3.63, 3.8) is 0 Å². The molecule has 0 aliphatic rings. The van der Waals surface area contributed by atoms with Crippen LogP contribution in [0.4, 0.5) is 0 Å². The van der Waals surface area contributed by atoms with Gasteiger partial charge in [0.2, 0.25) is 15.8 Å². The lowest BCUT2D eigenvalue weighted by molar-refractivity contribution is 0.0474.